The van der Waals surface area contributed by atoms with E-state index < -0.39 is 0 Å². The highest BCUT2D eigenvalue weighted by Gasteiger charge is 2.29. The van der Waals surface area contributed by atoms with Crippen LogP contribution in [0, 0.1) is 0 Å². The minimum Gasteiger partial charge on any atom is -0.339 e. The van der Waals surface area contributed by atoms with Crippen LogP contribution < -0.4 is 5.73 Å². The van der Waals surface area contributed by atoms with Crippen molar-refractivity contribution in [3.8, 4) is 0 Å². The molecule has 2 N–H and O–H groups in total. The van der Waals surface area contributed by atoms with E-state index in [-0.39, 0.29) is 12.0 Å². The second-order valence-corrected chi connectivity index (χ2v) is 5.08. The van der Waals surface area contributed by atoms with Gasteiger partial charge in [0.2, 0.25) is 5.89 Å². The van der Waals surface area contributed by atoms with Gasteiger partial charge < -0.3 is 14.8 Å². The highest BCUT2D eigenvalue weighted by atomic mass is 16.5. The molecule has 18 heavy (non-hydrogen) atoms. The summed E-state index contributed by atoms with van der Waals surface area (Å²) in [5.74, 6) is 1.37. The van der Waals surface area contributed by atoms with E-state index in [0.717, 1.165) is 5.69 Å². The van der Waals surface area contributed by atoms with Gasteiger partial charge in [-0.1, -0.05) is 19.0 Å². The van der Waals surface area contributed by atoms with E-state index in [2.05, 4.69) is 19.7 Å². The van der Waals surface area contributed by atoms with Gasteiger partial charge in [-0.05, 0) is 12.8 Å². The van der Waals surface area contributed by atoms with Gasteiger partial charge in [0.25, 0.3) is 0 Å². The number of rotatable bonds is 4. The van der Waals surface area contributed by atoms with Crippen LogP contribution in [0.5, 0.6) is 0 Å². The molecule has 2 aromatic rings. The summed E-state index contributed by atoms with van der Waals surface area (Å²) < 4.78 is 7.31. The maximum Gasteiger partial charge on any atom is 0.229 e. The first-order valence-corrected chi connectivity index (χ1v) is 6.27. The third kappa shape index (κ3) is 1.92. The highest BCUT2D eigenvalue weighted by molar-refractivity contribution is 5.16. The molecule has 6 heteroatoms. The van der Waals surface area contributed by atoms with E-state index >= 15 is 0 Å². The van der Waals surface area contributed by atoms with E-state index in [1.807, 2.05) is 20.2 Å². The number of hydrogen-bond acceptors (Lipinski definition) is 5. The van der Waals surface area contributed by atoms with E-state index in [1.165, 1.54) is 12.8 Å². The first-order valence-electron chi connectivity index (χ1n) is 6.27. The van der Waals surface area contributed by atoms with Crippen LogP contribution in [-0.2, 0) is 0 Å². The first kappa shape index (κ1) is 11.4. The van der Waals surface area contributed by atoms with Crippen LogP contribution in [0.2, 0.25) is 0 Å². The fourth-order valence-electron chi connectivity index (χ4n) is 1.95. The molecule has 2 heterocycles. The second kappa shape index (κ2) is 4.20. The Morgan fingerprint density at radius 3 is 2.83 bits per heavy atom. The highest BCUT2D eigenvalue weighted by Crippen LogP contribution is 2.37. The lowest BCUT2D eigenvalue weighted by Gasteiger charge is -2.10. The maximum absolute atomic E-state index is 6.19. The van der Waals surface area contributed by atoms with Gasteiger partial charge >= 0.3 is 0 Å². The summed E-state index contributed by atoms with van der Waals surface area (Å²) in [7, 11) is 0. The summed E-state index contributed by atoms with van der Waals surface area (Å²) in [6.07, 6.45) is 6.00. The monoisotopic (exact) mass is 247 g/mol. The molecule has 1 fully saturated rings. The summed E-state index contributed by atoms with van der Waals surface area (Å²) in [5, 5.41) is 3.96. The topological polar surface area (TPSA) is 82.8 Å². The Labute approximate surface area is 105 Å². The van der Waals surface area contributed by atoms with Crippen molar-refractivity contribution in [2.24, 2.45) is 5.73 Å². The van der Waals surface area contributed by atoms with Crippen LogP contribution in [0.3, 0.4) is 0 Å². The third-order valence-electron chi connectivity index (χ3n) is 3.18. The van der Waals surface area contributed by atoms with Crippen molar-refractivity contribution in [3.63, 3.8) is 0 Å². The predicted octanol–water partition coefficient (Wildman–Crippen LogP) is 1.77. The van der Waals surface area contributed by atoms with Crippen molar-refractivity contribution in [1.29, 1.82) is 0 Å². The Kier molecular flexibility index (Phi) is 2.66. The van der Waals surface area contributed by atoms with E-state index in [9.17, 15) is 0 Å². The largest absolute Gasteiger partial charge is 0.339 e. The van der Waals surface area contributed by atoms with Crippen LogP contribution >= 0.6 is 0 Å². The zero-order chi connectivity index (χ0) is 12.7. The van der Waals surface area contributed by atoms with Crippen molar-refractivity contribution in [2.45, 2.75) is 44.7 Å². The Morgan fingerprint density at radius 2 is 2.22 bits per heavy atom. The average molecular weight is 247 g/mol. The first-order chi connectivity index (χ1) is 8.66. The second-order valence-electron chi connectivity index (χ2n) is 5.08. The molecule has 3 rings (SSSR count). The predicted molar refractivity (Wildman–Crippen MR) is 64.9 cm³/mol. The molecule has 1 atom stereocenters. The SMILES string of the molecule is CC(C)c1nc(C(N)c2cncn2C2CC2)no1. The summed E-state index contributed by atoms with van der Waals surface area (Å²) in [6, 6.07) is 0.175. The molecule has 1 aliphatic rings. The molecular weight excluding hydrogens is 230 g/mol. The van der Waals surface area contributed by atoms with Gasteiger partial charge in [-0.2, -0.15) is 4.98 Å². The lowest BCUT2D eigenvalue weighted by atomic mass is 10.2. The molecule has 1 aliphatic carbocycles. The number of nitrogens with two attached hydrogens (primary N) is 1. The summed E-state index contributed by atoms with van der Waals surface area (Å²) >= 11 is 0. The molecule has 96 valence electrons. The lowest BCUT2D eigenvalue weighted by molar-refractivity contribution is 0.359. The van der Waals surface area contributed by atoms with Gasteiger partial charge in [0.05, 0.1) is 18.2 Å². The smallest absolute Gasteiger partial charge is 0.229 e. The quantitative estimate of drug-likeness (QED) is 0.890. The van der Waals surface area contributed by atoms with Gasteiger partial charge in [0, 0.05) is 12.0 Å². The number of hydrogen-bond donors (Lipinski definition) is 1. The summed E-state index contributed by atoms with van der Waals surface area (Å²) in [6.45, 7) is 4.02. The molecule has 1 unspecified atom stereocenters. The number of nitrogens with zero attached hydrogens (tertiary/aromatic N) is 4. The molecule has 0 aliphatic heterocycles. The molecule has 1 saturated carbocycles. The van der Waals surface area contributed by atoms with Crippen LogP contribution in [0.25, 0.3) is 0 Å². The molecule has 0 amide bonds. The van der Waals surface area contributed by atoms with Gasteiger partial charge in [0.15, 0.2) is 5.82 Å². The zero-order valence-electron chi connectivity index (χ0n) is 10.6. The molecular formula is C12H17N5O. The molecule has 0 saturated heterocycles. The van der Waals surface area contributed by atoms with Crippen LogP contribution in [0.15, 0.2) is 17.0 Å². The van der Waals surface area contributed by atoms with Crippen molar-refractivity contribution in [2.75, 3.05) is 0 Å². The molecule has 6 nitrogen and oxygen atoms in total. The van der Waals surface area contributed by atoms with Crippen LogP contribution in [0.1, 0.15) is 62.1 Å². The number of imidazole rings is 1. The molecule has 0 radical (unpaired) electrons. The normalized spacial score (nSPS) is 17.3. The van der Waals surface area contributed by atoms with E-state index in [4.69, 9.17) is 10.3 Å². The van der Waals surface area contributed by atoms with Crippen molar-refractivity contribution in [1.82, 2.24) is 19.7 Å². The minimum atomic E-state index is -0.371. The Hall–Kier alpha value is -1.69. The Morgan fingerprint density at radius 1 is 1.44 bits per heavy atom. The zero-order valence-corrected chi connectivity index (χ0v) is 10.6. The van der Waals surface area contributed by atoms with Gasteiger partial charge in [-0.25, -0.2) is 4.98 Å². The van der Waals surface area contributed by atoms with E-state index in [1.54, 1.807) is 6.20 Å². The summed E-state index contributed by atoms with van der Waals surface area (Å²) in [5.41, 5.74) is 7.15. The van der Waals surface area contributed by atoms with E-state index in [0.29, 0.717) is 17.8 Å². The molecule has 0 aromatic carbocycles. The standard InChI is InChI=1S/C12H17N5O/c1-7(2)12-15-11(16-18-12)10(13)9-5-14-6-17(9)8-3-4-8/h5-8,10H,3-4,13H2,1-2H3. The van der Waals surface area contributed by atoms with Crippen molar-refractivity contribution < 1.29 is 4.52 Å². The van der Waals surface area contributed by atoms with Crippen LogP contribution in [0.4, 0.5) is 0 Å². The Balaban J connectivity index is 1.88. The van der Waals surface area contributed by atoms with Gasteiger partial charge in [0.1, 0.15) is 6.04 Å². The minimum absolute atomic E-state index is 0.215. The lowest BCUT2D eigenvalue weighted by Crippen LogP contribution is -2.17. The molecule has 2 aromatic heterocycles. The van der Waals surface area contributed by atoms with Crippen molar-refractivity contribution >= 4 is 0 Å². The number of aromatic nitrogens is 4. The summed E-state index contributed by atoms with van der Waals surface area (Å²) in [4.78, 5) is 8.51. The fraction of sp³-hybridized carbons (Fsp3) is 0.583. The fourth-order valence-corrected chi connectivity index (χ4v) is 1.95. The van der Waals surface area contributed by atoms with Crippen LogP contribution in [-0.4, -0.2) is 19.7 Å². The van der Waals surface area contributed by atoms with Crippen molar-refractivity contribution in [3.05, 3.63) is 29.9 Å². The molecule has 0 spiro atoms. The third-order valence-corrected chi connectivity index (χ3v) is 3.18. The van der Waals surface area contributed by atoms with Gasteiger partial charge in [-0.15, -0.1) is 0 Å². The average Bonchev–Trinajstić information content (AvgIpc) is 2.92. The Bertz CT molecular complexity index is 540. The maximum atomic E-state index is 6.19. The van der Waals surface area contributed by atoms with Gasteiger partial charge in [-0.3, -0.25) is 0 Å². The molecule has 0 bridgehead atoms.